The van der Waals surface area contributed by atoms with Crippen LogP contribution >= 0.6 is 11.6 Å². The quantitative estimate of drug-likeness (QED) is 0.892. The highest BCUT2D eigenvalue weighted by Crippen LogP contribution is 2.29. The fourth-order valence-corrected chi connectivity index (χ4v) is 2.27. The highest BCUT2D eigenvalue weighted by molar-refractivity contribution is 6.35. The molecule has 0 aliphatic heterocycles. The van der Waals surface area contributed by atoms with Gasteiger partial charge in [0.1, 0.15) is 0 Å². The number of carbonyl (C=O) groups is 1. The zero-order chi connectivity index (χ0) is 11.7. The molecular weight excluding hydrogens is 226 g/mol. The van der Waals surface area contributed by atoms with Crippen molar-refractivity contribution in [1.82, 2.24) is 4.57 Å². The highest BCUT2D eigenvalue weighted by Gasteiger charge is 2.10. The summed E-state index contributed by atoms with van der Waals surface area (Å²) < 4.78 is 1.95. The number of carboxylic acid groups (broad SMARTS) is 1. The van der Waals surface area contributed by atoms with E-state index in [2.05, 4.69) is 0 Å². The standard InChI is InChI=1S/C12H12ClNO2/c1-14-7-9(13)12-8(5-6-11(15)16)3-2-4-10(12)14/h2-4,7H,5-6H2,1H3,(H,15,16). The van der Waals surface area contributed by atoms with Crippen LogP contribution in [0, 0.1) is 0 Å². The Balaban J connectivity index is 2.48. The third-order valence-corrected chi connectivity index (χ3v) is 2.95. The van der Waals surface area contributed by atoms with Crippen molar-refractivity contribution >= 4 is 28.5 Å². The van der Waals surface area contributed by atoms with Crippen LogP contribution in [0.2, 0.25) is 5.02 Å². The second-order valence-corrected chi connectivity index (χ2v) is 4.20. The molecule has 0 amide bonds. The van der Waals surface area contributed by atoms with Crippen LogP contribution in [0.5, 0.6) is 0 Å². The van der Waals surface area contributed by atoms with Crippen molar-refractivity contribution in [3.63, 3.8) is 0 Å². The molecule has 0 atom stereocenters. The first kappa shape index (κ1) is 11.0. The summed E-state index contributed by atoms with van der Waals surface area (Å²) in [4.78, 5) is 10.6. The average Bonchev–Trinajstić information content (AvgIpc) is 2.52. The molecule has 3 nitrogen and oxygen atoms in total. The highest BCUT2D eigenvalue weighted by atomic mass is 35.5. The Morgan fingerprint density at radius 3 is 2.94 bits per heavy atom. The van der Waals surface area contributed by atoms with Crippen LogP contribution in [-0.4, -0.2) is 15.6 Å². The summed E-state index contributed by atoms with van der Waals surface area (Å²) in [6.07, 6.45) is 2.48. The molecule has 84 valence electrons. The Hall–Kier alpha value is -1.48. The molecule has 1 aromatic heterocycles. The molecule has 2 aromatic rings. The van der Waals surface area contributed by atoms with Crippen molar-refractivity contribution < 1.29 is 9.90 Å². The van der Waals surface area contributed by atoms with Gasteiger partial charge in [-0.05, 0) is 18.1 Å². The van der Waals surface area contributed by atoms with Gasteiger partial charge >= 0.3 is 5.97 Å². The maximum Gasteiger partial charge on any atom is 0.303 e. The van der Waals surface area contributed by atoms with E-state index in [9.17, 15) is 4.79 Å². The van der Waals surface area contributed by atoms with Crippen LogP contribution in [-0.2, 0) is 18.3 Å². The zero-order valence-corrected chi connectivity index (χ0v) is 9.66. The molecule has 2 rings (SSSR count). The fourth-order valence-electron chi connectivity index (χ4n) is 1.91. The first-order valence-electron chi connectivity index (χ1n) is 5.04. The normalized spacial score (nSPS) is 10.9. The van der Waals surface area contributed by atoms with Gasteiger partial charge < -0.3 is 9.67 Å². The van der Waals surface area contributed by atoms with Crippen LogP contribution in [0.25, 0.3) is 10.9 Å². The number of rotatable bonds is 3. The minimum atomic E-state index is -0.788. The van der Waals surface area contributed by atoms with Gasteiger partial charge in [0.2, 0.25) is 0 Å². The number of benzene rings is 1. The summed E-state index contributed by atoms with van der Waals surface area (Å²) in [5.41, 5.74) is 2.03. The largest absolute Gasteiger partial charge is 0.481 e. The van der Waals surface area contributed by atoms with Crippen LogP contribution in [0.1, 0.15) is 12.0 Å². The summed E-state index contributed by atoms with van der Waals surface area (Å²) in [7, 11) is 1.93. The van der Waals surface area contributed by atoms with Crippen LogP contribution < -0.4 is 0 Å². The van der Waals surface area contributed by atoms with Gasteiger partial charge in [-0.3, -0.25) is 4.79 Å². The van der Waals surface area contributed by atoms with Gasteiger partial charge in [0.15, 0.2) is 0 Å². The molecule has 0 spiro atoms. The van der Waals surface area contributed by atoms with Crippen molar-refractivity contribution in [2.75, 3.05) is 0 Å². The predicted octanol–water partition coefficient (Wildman–Crippen LogP) is 2.85. The molecule has 0 unspecified atom stereocenters. The van der Waals surface area contributed by atoms with E-state index in [1.807, 2.05) is 36.0 Å². The smallest absolute Gasteiger partial charge is 0.303 e. The lowest BCUT2D eigenvalue weighted by atomic mass is 10.1. The SMILES string of the molecule is Cn1cc(Cl)c2c(CCC(=O)O)cccc21. The molecule has 0 radical (unpaired) electrons. The molecule has 16 heavy (non-hydrogen) atoms. The minimum absolute atomic E-state index is 0.129. The molecule has 0 saturated carbocycles. The molecular formula is C12H12ClNO2. The predicted molar refractivity (Wildman–Crippen MR) is 63.9 cm³/mol. The Labute approximate surface area is 98.3 Å². The molecule has 0 saturated heterocycles. The summed E-state index contributed by atoms with van der Waals surface area (Å²) >= 11 is 6.13. The summed E-state index contributed by atoms with van der Waals surface area (Å²) in [5, 5.41) is 10.3. The summed E-state index contributed by atoms with van der Waals surface area (Å²) in [6.45, 7) is 0. The van der Waals surface area contributed by atoms with Crippen LogP contribution in [0.15, 0.2) is 24.4 Å². The third-order valence-electron chi connectivity index (χ3n) is 2.66. The zero-order valence-electron chi connectivity index (χ0n) is 8.90. The molecule has 0 bridgehead atoms. The van der Waals surface area contributed by atoms with Crippen LogP contribution in [0.4, 0.5) is 0 Å². The molecule has 4 heteroatoms. The molecule has 1 aromatic carbocycles. The molecule has 0 aliphatic rings. The molecule has 1 N–H and O–H groups in total. The number of fused-ring (bicyclic) bond motifs is 1. The van der Waals surface area contributed by atoms with Crippen molar-refractivity contribution in [2.24, 2.45) is 7.05 Å². The van der Waals surface area contributed by atoms with Gasteiger partial charge in [-0.25, -0.2) is 0 Å². The van der Waals surface area contributed by atoms with Gasteiger partial charge in [0.05, 0.1) is 5.02 Å². The van der Waals surface area contributed by atoms with Gasteiger partial charge in [0.25, 0.3) is 0 Å². The van der Waals surface area contributed by atoms with E-state index in [0.717, 1.165) is 16.5 Å². The summed E-state index contributed by atoms with van der Waals surface area (Å²) in [5.74, 6) is -0.788. The van der Waals surface area contributed by atoms with Gasteiger partial charge in [-0.15, -0.1) is 0 Å². The van der Waals surface area contributed by atoms with E-state index in [4.69, 9.17) is 16.7 Å². The van der Waals surface area contributed by atoms with E-state index in [0.29, 0.717) is 11.4 Å². The number of aryl methyl sites for hydroxylation is 2. The minimum Gasteiger partial charge on any atom is -0.481 e. The monoisotopic (exact) mass is 237 g/mol. The Kier molecular flexibility index (Phi) is 2.88. The second kappa shape index (κ2) is 4.18. The first-order valence-corrected chi connectivity index (χ1v) is 5.41. The first-order chi connectivity index (χ1) is 7.59. The van der Waals surface area contributed by atoms with E-state index in [1.165, 1.54) is 0 Å². The number of halogens is 1. The molecule has 0 fully saturated rings. The number of hydrogen-bond acceptors (Lipinski definition) is 1. The molecule has 0 aliphatic carbocycles. The van der Waals surface area contributed by atoms with E-state index in [-0.39, 0.29) is 6.42 Å². The van der Waals surface area contributed by atoms with Crippen LogP contribution in [0.3, 0.4) is 0 Å². The van der Waals surface area contributed by atoms with E-state index in [1.54, 1.807) is 0 Å². The number of nitrogens with zero attached hydrogens (tertiary/aromatic N) is 1. The molecule has 1 heterocycles. The second-order valence-electron chi connectivity index (χ2n) is 3.79. The van der Waals surface area contributed by atoms with Crippen molar-refractivity contribution in [3.05, 3.63) is 35.0 Å². The third kappa shape index (κ3) is 1.91. The topological polar surface area (TPSA) is 42.2 Å². The number of hydrogen-bond donors (Lipinski definition) is 1. The Morgan fingerprint density at radius 1 is 1.50 bits per heavy atom. The maximum atomic E-state index is 10.6. The van der Waals surface area contributed by atoms with E-state index >= 15 is 0 Å². The van der Waals surface area contributed by atoms with Gasteiger partial charge in [0, 0.05) is 30.6 Å². The van der Waals surface area contributed by atoms with Gasteiger partial charge in [-0.2, -0.15) is 0 Å². The maximum absolute atomic E-state index is 10.6. The van der Waals surface area contributed by atoms with Crippen molar-refractivity contribution in [3.8, 4) is 0 Å². The average molecular weight is 238 g/mol. The number of aliphatic carboxylic acids is 1. The van der Waals surface area contributed by atoms with Gasteiger partial charge in [-0.1, -0.05) is 23.7 Å². The fraction of sp³-hybridized carbons (Fsp3) is 0.250. The number of carboxylic acids is 1. The summed E-state index contributed by atoms with van der Waals surface area (Å²) in [6, 6.07) is 5.83. The van der Waals surface area contributed by atoms with Crippen molar-refractivity contribution in [2.45, 2.75) is 12.8 Å². The lowest BCUT2D eigenvalue weighted by molar-refractivity contribution is -0.136. The number of aromatic nitrogens is 1. The van der Waals surface area contributed by atoms with E-state index < -0.39 is 5.97 Å². The lowest BCUT2D eigenvalue weighted by Gasteiger charge is -2.02. The lowest BCUT2D eigenvalue weighted by Crippen LogP contribution is -1.97. The Bertz CT molecular complexity index is 545. The van der Waals surface area contributed by atoms with Crippen molar-refractivity contribution in [1.29, 1.82) is 0 Å². The Morgan fingerprint density at radius 2 is 2.25 bits per heavy atom.